The molecule has 88 valence electrons. The minimum atomic E-state index is -0.282. The lowest BCUT2D eigenvalue weighted by molar-refractivity contribution is 0.740. The van der Waals surface area contributed by atoms with Crippen LogP contribution in [0.15, 0.2) is 35.3 Å². The molecule has 0 bridgehead atoms. The van der Waals surface area contributed by atoms with Crippen molar-refractivity contribution in [2.45, 2.75) is 13.5 Å². The van der Waals surface area contributed by atoms with E-state index in [0.29, 0.717) is 12.2 Å². The normalized spacial score (nSPS) is 10.9. The molecule has 0 N–H and O–H groups in total. The molecular weight excluding hydrogens is 228 g/mol. The Labute approximate surface area is 102 Å². The van der Waals surface area contributed by atoms with Gasteiger partial charge in [0.15, 0.2) is 5.65 Å². The molecule has 5 nitrogen and oxygen atoms in total. The Bertz CT molecular complexity index is 851. The number of rotatable bonds is 1. The van der Waals surface area contributed by atoms with Crippen molar-refractivity contribution >= 4 is 16.6 Å². The first-order chi connectivity index (χ1) is 8.76. The minimum absolute atomic E-state index is 0.156. The number of hydrogen-bond donors (Lipinski definition) is 0. The van der Waals surface area contributed by atoms with Crippen molar-refractivity contribution in [3.8, 4) is 6.07 Å². The largest absolute Gasteiger partial charge is 0.290 e. The van der Waals surface area contributed by atoms with Crippen LogP contribution in [0.2, 0.25) is 0 Å². The third-order valence-corrected chi connectivity index (χ3v) is 3.02. The zero-order chi connectivity index (χ0) is 12.7. The van der Waals surface area contributed by atoms with Crippen LogP contribution in [0.25, 0.3) is 16.6 Å². The number of pyridine rings is 2. The molecule has 0 unspecified atom stereocenters. The molecule has 0 atom stereocenters. The van der Waals surface area contributed by atoms with Crippen LogP contribution in [0.1, 0.15) is 12.5 Å². The van der Waals surface area contributed by atoms with Gasteiger partial charge < -0.3 is 0 Å². The quantitative estimate of drug-likeness (QED) is 0.646. The molecule has 3 rings (SSSR count). The molecule has 0 aliphatic carbocycles. The van der Waals surface area contributed by atoms with Crippen molar-refractivity contribution < 1.29 is 0 Å². The highest BCUT2D eigenvalue weighted by Gasteiger charge is 2.13. The van der Waals surface area contributed by atoms with E-state index in [1.165, 1.54) is 4.57 Å². The lowest BCUT2D eigenvalue weighted by Gasteiger charge is -2.02. The van der Waals surface area contributed by atoms with Gasteiger partial charge >= 0.3 is 0 Å². The van der Waals surface area contributed by atoms with E-state index in [4.69, 9.17) is 5.26 Å². The van der Waals surface area contributed by atoms with Crippen molar-refractivity contribution in [1.82, 2.24) is 14.2 Å². The Hall–Kier alpha value is -2.61. The molecule has 3 aromatic heterocycles. The number of aryl methyl sites for hydroxylation is 1. The topological polar surface area (TPSA) is 63.1 Å². The van der Waals surface area contributed by atoms with E-state index >= 15 is 0 Å². The molecule has 3 heterocycles. The summed E-state index contributed by atoms with van der Waals surface area (Å²) in [5.41, 5.74) is 1.39. The van der Waals surface area contributed by atoms with Gasteiger partial charge in [-0.15, -0.1) is 5.10 Å². The average Bonchev–Trinajstić information content (AvgIpc) is 2.76. The van der Waals surface area contributed by atoms with Crippen molar-refractivity contribution in [2.75, 3.05) is 0 Å². The molecule has 3 aromatic rings. The van der Waals surface area contributed by atoms with Gasteiger partial charge in [-0.25, -0.2) is 4.52 Å². The monoisotopic (exact) mass is 238 g/mol. The molecule has 0 radical (unpaired) electrons. The summed E-state index contributed by atoms with van der Waals surface area (Å²) < 4.78 is 3.25. The third kappa shape index (κ3) is 1.26. The van der Waals surface area contributed by atoms with Gasteiger partial charge in [-0.3, -0.25) is 9.36 Å². The van der Waals surface area contributed by atoms with E-state index in [2.05, 4.69) is 5.10 Å². The summed E-state index contributed by atoms with van der Waals surface area (Å²) in [6.07, 6.45) is 1.83. The Balaban J connectivity index is 2.61. The van der Waals surface area contributed by atoms with Gasteiger partial charge in [-0.2, -0.15) is 5.26 Å². The van der Waals surface area contributed by atoms with Crippen LogP contribution < -0.4 is 5.56 Å². The summed E-state index contributed by atoms with van der Waals surface area (Å²) in [5, 5.41) is 14.2. The summed E-state index contributed by atoms with van der Waals surface area (Å²) in [4.78, 5) is 12.0. The maximum Gasteiger partial charge on any atom is 0.270 e. The third-order valence-electron chi connectivity index (χ3n) is 3.02. The van der Waals surface area contributed by atoms with Crippen LogP contribution in [-0.4, -0.2) is 14.2 Å². The number of hydrogen-bond acceptors (Lipinski definition) is 3. The predicted molar refractivity (Wildman–Crippen MR) is 67.3 cm³/mol. The van der Waals surface area contributed by atoms with E-state index < -0.39 is 0 Å². The molecule has 0 saturated heterocycles. The van der Waals surface area contributed by atoms with Gasteiger partial charge in [0, 0.05) is 18.1 Å². The SMILES string of the molecule is CCn1c(=O)c(C#N)cc2c1nn1ccccc21. The number of nitriles is 1. The first-order valence-electron chi connectivity index (χ1n) is 5.67. The van der Waals surface area contributed by atoms with Gasteiger partial charge in [0.05, 0.1) is 5.52 Å². The minimum Gasteiger partial charge on any atom is -0.290 e. The predicted octanol–water partition coefficient (Wildman–Crippen LogP) is 1.54. The molecule has 5 heteroatoms. The molecular formula is C13H10N4O. The van der Waals surface area contributed by atoms with E-state index in [0.717, 1.165) is 10.9 Å². The number of fused-ring (bicyclic) bond motifs is 3. The highest BCUT2D eigenvalue weighted by Crippen LogP contribution is 2.18. The molecule has 18 heavy (non-hydrogen) atoms. The maximum absolute atomic E-state index is 12.0. The fraction of sp³-hybridized carbons (Fsp3) is 0.154. The standard InChI is InChI=1S/C13H10N4O/c1-2-16-12-10(7-9(8-14)13(16)18)11-5-3-4-6-17(11)15-12/h3-7H,2H2,1H3. The summed E-state index contributed by atoms with van der Waals surface area (Å²) >= 11 is 0. The van der Waals surface area contributed by atoms with Gasteiger partial charge in [0.2, 0.25) is 0 Å². The van der Waals surface area contributed by atoms with Crippen LogP contribution >= 0.6 is 0 Å². The lowest BCUT2D eigenvalue weighted by atomic mass is 10.2. The van der Waals surface area contributed by atoms with E-state index in [1.54, 1.807) is 10.6 Å². The summed E-state index contributed by atoms with van der Waals surface area (Å²) in [6, 6.07) is 9.26. The average molecular weight is 238 g/mol. The fourth-order valence-corrected chi connectivity index (χ4v) is 2.16. The molecule has 0 aromatic carbocycles. The first kappa shape index (κ1) is 10.5. The molecule has 0 aliphatic heterocycles. The fourth-order valence-electron chi connectivity index (χ4n) is 2.16. The van der Waals surface area contributed by atoms with E-state index in [1.807, 2.05) is 37.4 Å². The maximum atomic E-state index is 12.0. The van der Waals surface area contributed by atoms with Crippen LogP contribution in [0, 0.1) is 11.3 Å². The van der Waals surface area contributed by atoms with Crippen molar-refractivity contribution in [3.63, 3.8) is 0 Å². The molecule has 0 saturated carbocycles. The second-order valence-corrected chi connectivity index (χ2v) is 3.99. The van der Waals surface area contributed by atoms with E-state index in [9.17, 15) is 4.79 Å². The Morgan fingerprint density at radius 2 is 2.28 bits per heavy atom. The highest BCUT2D eigenvalue weighted by molar-refractivity contribution is 5.92. The number of nitrogens with zero attached hydrogens (tertiary/aromatic N) is 4. The van der Waals surface area contributed by atoms with Gasteiger partial charge in [-0.1, -0.05) is 6.07 Å². The summed E-state index contributed by atoms with van der Waals surface area (Å²) in [5.74, 6) is 0. The smallest absolute Gasteiger partial charge is 0.270 e. The second kappa shape index (κ2) is 3.70. The van der Waals surface area contributed by atoms with Crippen LogP contribution in [0.4, 0.5) is 0 Å². The Morgan fingerprint density at radius 1 is 1.44 bits per heavy atom. The second-order valence-electron chi connectivity index (χ2n) is 3.99. The van der Waals surface area contributed by atoms with E-state index in [-0.39, 0.29) is 11.1 Å². The van der Waals surface area contributed by atoms with Gasteiger partial charge in [0.1, 0.15) is 11.6 Å². The number of aromatic nitrogens is 3. The Morgan fingerprint density at radius 3 is 3.00 bits per heavy atom. The van der Waals surface area contributed by atoms with Crippen molar-refractivity contribution in [1.29, 1.82) is 5.26 Å². The van der Waals surface area contributed by atoms with Crippen LogP contribution in [-0.2, 0) is 6.54 Å². The zero-order valence-electron chi connectivity index (χ0n) is 9.79. The summed E-state index contributed by atoms with van der Waals surface area (Å²) in [6.45, 7) is 2.36. The van der Waals surface area contributed by atoms with Crippen molar-refractivity contribution in [2.24, 2.45) is 0 Å². The molecule has 0 fully saturated rings. The van der Waals surface area contributed by atoms with Crippen molar-refractivity contribution in [3.05, 3.63) is 46.4 Å². The molecule has 0 spiro atoms. The Kier molecular flexibility index (Phi) is 2.17. The van der Waals surface area contributed by atoms with Gasteiger partial charge in [0.25, 0.3) is 5.56 Å². The summed E-state index contributed by atoms with van der Waals surface area (Å²) in [7, 11) is 0. The first-order valence-corrected chi connectivity index (χ1v) is 5.67. The van der Waals surface area contributed by atoms with Gasteiger partial charge in [-0.05, 0) is 25.1 Å². The van der Waals surface area contributed by atoms with Crippen LogP contribution in [0.5, 0.6) is 0 Å². The lowest BCUT2D eigenvalue weighted by Crippen LogP contribution is -2.22. The zero-order valence-corrected chi connectivity index (χ0v) is 9.79. The molecule has 0 amide bonds. The molecule has 0 aliphatic rings. The highest BCUT2D eigenvalue weighted by atomic mass is 16.1. The van der Waals surface area contributed by atoms with Crippen LogP contribution in [0.3, 0.4) is 0 Å².